The first-order chi connectivity index (χ1) is 9.49. The smallest absolute Gasteiger partial charge is 0.256 e. The molecule has 2 atom stereocenters. The van der Waals surface area contributed by atoms with Gasteiger partial charge in [-0.1, -0.05) is 12.1 Å². The molecular formula is C15H19N3O2. The zero-order valence-corrected chi connectivity index (χ0v) is 12.0. The van der Waals surface area contributed by atoms with Gasteiger partial charge < -0.3 is 15.1 Å². The van der Waals surface area contributed by atoms with Crippen LogP contribution in [0.25, 0.3) is 0 Å². The quantitative estimate of drug-likeness (QED) is 0.833. The van der Waals surface area contributed by atoms with E-state index in [4.69, 9.17) is 0 Å². The Kier molecular flexibility index (Phi) is 3.01. The van der Waals surface area contributed by atoms with E-state index in [0.29, 0.717) is 24.2 Å². The number of likely N-dealkylation sites (N-methyl/N-ethyl adjacent to an activating group) is 1. The lowest BCUT2D eigenvalue weighted by molar-refractivity contribution is -0.119. The topological polar surface area (TPSA) is 52.7 Å². The fraction of sp³-hybridized carbons (Fsp3) is 0.467. The number of para-hydroxylation sites is 1. The first-order valence-corrected chi connectivity index (χ1v) is 6.87. The number of rotatable bonds is 1. The van der Waals surface area contributed by atoms with Crippen LogP contribution < -0.4 is 5.32 Å². The minimum absolute atomic E-state index is 0.0450. The molecule has 2 heterocycles. The Labute approximate surface area is 118 Å². The molecule has 0 radical (unpaired) electrons. The molecule has 0 aliphatic carbocycles. The number of nitrogens with one attached hydrogen (secondary N) is 1. The van der Waals surface area contributed by atoms with E-state index in [0.717, 1.165) is 5.56 Å². The molecule has 0 bridgehead atoms. The van der Waals surface area contributed by atoms with Gasteiger partial charge in [-0.15, -0.1) is 0 Å². The summed E-state index contributed by atoms with van der Waals surface area (Å²) in [5, 5.41) is 2.93. The van der Waals surface area contributed by atoms with Gasteiger partial charge in [0.15, 0.2) is 0 Å². The predicted octanol–water partition coefficient (Wildman–Crippen LogP) is 1.09. The number of aryl methyl sites for hydroxylation is 1. The Balaban J connectivity index is 2.03. The molecule has 3 rings (SSSR count). The zero-order valence-electron chi connectivity index (χ0n) is 12.0. The first kappa shape index (κ1) is 13.1. The highest BCUT2D eigenvalue weighted by Gasteiger charge is 2.43. The van der Waals surface area contributed by atoms with Gasteiger partial charge in [0, 0.05) is 12.6 Å². The number of nitrogens with zero attached hydrogens (tertiary/aromatic N) is 2. The van der Waals surface area contributed by atoms with Crippen molar-refractivity contribution in [3.63, 3.8) is 0 Å². The number of fused-ring (bicyclic) bond motifs is 2. The van der Waals surface area contributed by atoms with Gasteiger partial charge in [-0.2, -0.15) is 0 Å². The normalized spacial score (nSPS) is 25.3. The summed E-state index contributed by atoms with van der Waals surface area (Å²) in [5.74, 6) is -0.118. The monoisotopic (exact) mass is 273 g/mol. The number of carbonyl (C=O) groups excluding carboxylic acids is 2. The maximum atomic E-state index is 12.7. The van der Waals surface area contributed by atoms with Crippen molar-refractivity contribution in [2.75, 3.05) is 26.0 Å². The highest BCUT2D eigenvalue weighted by atomic mass is 16.2. The summed E-state index contributed by atoms with van der Waals surface area (Å²) in [4.78, 5) is 28.9. The molecule has 1 fully saturated rings. The molecule has 0 aromatic heterocycles. The standard InChI is InChI=1S/C15H19N3O2/c1-9-5-4-6-11-13(9)16-14(19)12-7-10(17(2)3)8-18(12)15(11)20/h4-6,10,12H,7-8H2,1-3H3,(H,16,19)/t10-,12+/m1/s1. The molecule has 5 nitrogen and oxygen atoms in total. The minimum atomic E-state index is -0.360. The summed E-state index contributed by atoms with van der Waals surface area (Å²) in [6.45, 7) is 2.52. The number of hydrogen-bond acceptors (Lipinski definition) is 3. The lowest BCUT2D eigenvalue weighted by atomic mass is 10.1. The van der Waals surface area contributed by atoms with E-state index in [9.17, 15) is 9.59 Å². The van der Waals surface area contributed by atoms with Gasteiger partial charge >= 0.3 is 0 Å². The van der Waals surface area contributed by atoms with Gasteiger partial charge in [0.05, 0.1) is 11.3 Å². The van der Waals surface area contributed by atoms with Crippen LogP contribution in [0.15, 0.2) is 18.2 Å². The van der Waals surface area contributed by atoms with Gasteiger partial charge in [0.1, 0.15) is 6.04 Å². The molecular weight excluding hydrogens is 254 g/mol. The molecule has 20 heavy (non-hydrogen) atoms. The summed E-state index contributed by atoms with van der Waals surface area (Å²) >= 11 is 0. The first-order valence-electron chi connectivity index (χ1n) is 6.87. The van der Waals surface area contributed by atoms with Crippen molar-refractivity contribution in [2.45, 2.75) is 25.4 Å². The Morgan fingerprint density at radius 3 is 2.75 bits per heavy atom. The van der Waals surface area contributed by atoms with Gasteiger partial charge in [-0.3, -0.25) is 9.59 Å². The number of anilines is 1. The van der Waals surface area contributed by atoms with Crippen molar-refractivity contribution < 1.29 is 9.59 Å². The Bertz CT molecular complexity index is 582. The van der Waals surface area contributed by atoms with Crippen LogP contribution in [0.1, 0.15) is 22.3 Å². The van der Waals surface area contributed by atoms with Crippen molar-refractivity contribution in [1.29, 1.82) is 0 Å². The van der Waals surface area contributed by atoms with E-state index >= 15 is 0 Å². The molecule has 5 heteroatoms. The molecule has 1 aromatic carbocycles. The fourth-order valence-electron chi connectivity index (χ4n) is 3.03. The van der Waals surface area contributed by atoms with E-state index in [1.54, 1.807) is 11.0 Å². The molecule has 0 spiro atoms. The van der Waals surface area contributed by atoms with Crippen LogP contribution in [-0.4, -0.2) is 54.3 Å². The second-order valence-corrected chi connectivity index (χ2v) is 5.81. The molecule has 1 saturated heterocycles. The summed E-state index contributed by atoms with van der Waals surface area (Å²) < 4.78 is 0. The van der Waals surface area contributed by atoms with Crippen molar-refractivity contribution in [1.82, 2.24) is 9.80 Å². The van der Waals surface area contributed by atoms with E-state index in [-0.39, 0.29) is 23.9 Å². The molecule has 1 aromatic rings. The molecule has 2 aliphatic rings. The lowest BCUT2D eigenvalue weighted by Crippen LogP contribution is -2.40. The number of benzene rings is 1. The zero-order chi connectivity index (χ0) is 14.4. The Morgan fingerprint density at radius 1 is 1.30 bits per heavy atom. The molecule has 106 valence electrons. The summed E-state index contributed by atoms with van der Waals surface area (Å²) in [7, 11) is 3.97. The summed E-state index contributed by atoms with van der Waals surface area (Å²) in [6.07, 6.45) is 0.692. The van der Waals surface area contributed by atoms with E-state index in [1.807, 2.05) is 33.2 Å². The number of carbonyl (C=O) groups is 2. The molecule has 2 amide bonds. The van der Waals surface area contributed by atoms with Crippen LogP contribution in [0.2, 0.25) is 0 Å². The van der Waals surface area contributed by atoms with Crippen LogP contribution >= 0.6 is 0 Å². The van der Waals surface area contributed by atoms with Gasteiger partial charge in [0.25, 0.3) is 5.91 Å². The van der Waals surface area contributed by atoms with E-state index in [2.05, 4.69) is 10.2 Å². The average molecular weight is 273 g/mol. The maximum Gasteiger partial charge on any atom is 0.256 e. The third kappa shape index (κ3) is 1.89. The highest BCUT2D eigenvalue weighted by molar-refractivity contribution is 6.10. The van der Waals surface area contributed by atoms with Crippen LogP contribution in [0.4, 0.5) is 5.69 Å². The minimum Gasteiger partial charge on any atom is -0.325 e. The number of amides is 2. The van der Waals surface area contributed by atoms with Crippen molar-refractivity contribution in [3.05, 3.63) is 29.3 Å². The van der Waals surface area contributed by atoms with Crippen molar-refractivity contribution >= 4 is 17.5 Å². The third-order valence-corrected chi connectivity index (χ3v) is 4.32. The summed E-state index contributed by atoms with van der Waals surface area (Å²) in [6, 6.07) is 5.43. The molecule has 1 N–H and O–H groups in total. The van der Waals surface area contributed by atoms with Crippen LogP contribution in [0, 0.1) is 6.92 Å². The Morgan fingerprint density at radius 2 is 2.05 bits per heavy atom. The van der Waals surface area contributed by atoms with E-state index < -0.39 is 0 Å². The SMILES string of the molecule is Cc1cccc2c1NC(=O)[C@@H]1C[C@@H](N(C)C)CN1C2=O. The van der Waals surface area contributed by atoms with Crippen LogP contribution in [0.5, 0.6) is 0 Å². The molecule has 0 unspecified atom stereocenters. The highest BCUT2D eigenvalue weighted by Crippen LogP contribution is 2.31. The van der Waals surface area contributed by atoms with Crippen molar-refractivity contribution in [3.8, 4) is 0 Å². The fourth-order valence-corrected chi connectivity index (χ4v) is 3.03. The largest absolute Gasteiger partial charge is 0.325 e. The van der Waals surface area contributed by atoms with Gasteiger partial charge in [-0.05, 0) is 39.1 Å². The molecule has 2 aliphatic heterocycles. The lowest BCUT2D eigenvalue weighted by Gasteiger charge is -2.21. The Hall–Kier alpha value is -1.88. The third-order valence-electron chi connectivity index (χ3n) is 4.32. The second-order valence-electron chi connectivity index (χ2n) is 5.81. The number of hydrogen-bond donors (Lipinski definition) is 1. The van der Waals surface area contributed by atoms with Crippen LogP contribution in [-0.2, 0) is 4.79 Å². The van der Waals surface area contributed by atoms with Crippen molar-refractivity contribution in [2.24, 2.45) is 0 Å². The van der Waals surface area contributed by atoms with Gasteiger partial charge in [0.2, 0.25) is 5.91 Å². The average Bonchev–Trinajstić information content (AvgIpc) is 2.81. The van der Waals surface area contributed by atoms with Gasteiger partial charge in [-0.25, -0.2) is 0 Å². The maximum absolute atomic E-state index is 12.7. The predicted molar refractivity (Wildman–Crippen MR) is 76.7 cm³/mol. The summed E-state index contributed by atoms with van der Waals surface area (Å²) in [5.41, 5.74) is 2.19. The van der Waals surface area contributed by atoms with E-state index in [1.165, 1.54) is 0 Å². The second kappa shape index (κ2) is 4.59. The van der Waals surface area contributed by atoms with Crippen LogP contribution in [0.3, 0.4) is 0 Å². The molecule has 0 saturated carbocycles.